The van der Waals surface area contributed by atoms with Crippen LogP contribution < -0.4 is 10.6 Å². The Morgan fingerprint density at radius 1 is 1.22 bits per heavy atom. The Balaban J connectivity index is 1.94. The number of aromatic carboxylic acids is 1. The molecule has 3 rings (SSSR count). The number of nitrogens with one attached hydrogen (secondary N) is 2. The molecule has 36 heavy (non-hydrogen) atoms. The molecular weight excluding hydrogens is 466 g/mol. The number of carboxylic acids is 1. The molecule has 3 aromatic heterocycles. The summed E-state index contributed by atoms with van der Waals surface area (Å²) < 4.78 is 13.9. The molecule has 194 valence electrons. The fraction of sp³-hybridized carbons (Fsp3) is 0.458. The van der Waals surface area contributed by atoms with Crippen molar-refractivity contribution in [3.63, 3.8) is 0 Å². The Labute approximate surface area is 209 Å². The maximum absolute atomic E-state index is 12.5. The van der Waals surface area contributed by atoms with E-state index >= 15 is 0 Å². The fourth-order valence-electron chi connectivity index (χ4n) is 3.72. The van der Waals surface area contributed by atoms with Crippen molar-refractivity contribution < 1.29 is 24.2 Å². The monoisotopic (exact) mass is 499 g/mol. The topological polar surface area (TPSA) is 145 Å². The largest absolute Gasteiger partial charge is 0.477 e. The predicted molar refractivity (Wildman–Crippen MR) is 133 cm³/mol. The molecule has 3 heterocycles. The van der Waals surface area contributed by atoms with E-state index in [1.807, 2.05) is 6.92 Å². The Bertz CT molecular complexity index is 1240. The van der Waals surface area contributed by atoms with Crippen molar-refractivity contribution in [1.82, 2.24) is 29.6 Å². The van der Waals surface area contributed by atoms with E-state index in [0.717, 1.165) is 5.56 Å². The maximum atomic E-state index is 12.5. The van der Waals surface area contributed by atoms with E-state index in [4.69, 9.17) is 9.47 Å². The normalized spacial score (nSPS) is 13.2. The summed E-state index contributed by atoms with van der Waals surface area (Å²) in [6.45, 7) is 9.15. The minimum absolute atomic E-state index is 0.0393. The molecule has 0 spiro atoms. The minimum atomic E-state index is -1.11. The standard InChI is InChI=1S/C24H33N7O5/c1-15-11-25-21(27-18-8-9-26-30(18)6)28-19(15)16-10-17(20(32)33)31(12-16)13-24(5,14-35-7)29-22(34)36-23(2,3)4/h8-12H,13-14H2,1-7H3,(H,29,34)(H,32,33)(H,25,27,28). The van der Waals surface area contributed by atoms with E-state index in [-0.39, 0.29) is 18.8 Å². The molecule has 0 saturated heterocycles. The quantitative estimate of drug-likeness (QED) is 0.403. The van der Waals surface area contributed by atoms with E-state index in [9.17, 15) is 14.7 Å². The first kappa shape index (κ1) is 26.7. The zero-order valence-corrected chi connectivity index (χ0v) is 21.6. The number of amides is 1. The maximum Gasteiger partial charge on any atom is 0.408 e. The van der Waals surface area contributed by atoms with Gasteiger partial charge in [-0.2, -0.15) is 5.10 Å². The number of methoxy groups -OCH3 is 1. The molecule has 1 unspecified atom stereocenters. The fourth-order valence-corrected chi connectivity index (χ4v) is 3.72. The lowest BCUT2D eigenvalue weighted by molar-refractivity contribution is 0.0356. The zero-order valence-electron chi connectivity index (χ0n) is 21.6. The van der Waals surface area contributed by atoms with Crippen LogP contribution in [0.1, 0.15) is 43.7 Å². The smallest absolute Gasteiger partial charge is 0.408 e. The van der Waals surface area contributed by atoms with Crippen LogP contribution >= 0.6 is 0 Å². The van der Waals surface area contributed by atoms with Gasteiger partial charge in [-0.15, -0.1) is 0 Å². The Morgan fingerprint density at radius 2 is 1.94 bits per heavy atom. The van der Waals surface area contributed by atoms with Crippen LogP contribution in [0.25, 0.3) is 11.3 Å². The highest BCUT2D eigenvalue weighted by Gasteiger charge is 2.31. The van der Waals surface area contributed by atoms with Gasteiger partial charge in [0.05, 0.1) is 24.0 Å². The highest BCUT2D eigenvalue weighted by molar-refractivity contribution is 5.88. The van der Waals surface area contributed by atoms with Gasteiger partial charge in [0.25, 0.3) is 0 Å². The molecule has 0 bridgehead atoms. The first-order valence-electron chi connectivity index (χ1n) is 11.3. The van der Waals surface area contributed by atoms with Crippen LogP contribution in [0.3, 0.4) is 0 Å². The van der Waals surface area contributed by atoms with Crippen molar-refractivity contribution in [3.05, 3.63) is 42.0 Å². The second kappa shape index (κ2) is 10.4. The summed E-state index contributed by atoms with van der Waals surface area (Å²) in [7, 11) is 3.30. The number of hydrogen-bond donors (Lipinski definition) is 3. The molecule has 0 aliphatic heterocycles. The molecule has 0 aliphatic carbocycles. The molecule has 0 saturated carbocycles. The van der Waals surface area contributed by atoms with E-state index in [1.165, 1.54) is 7.11 Å². The van der Waals surface area contributed by atoms with Crippen LogP contribution in [0, 0.1) is 6.92 Å². The van der Waals surface area contributed by atoms with Crippen LogP contribution in [-0.2, 0) is 23.1 Å². The number of hydrogen-bond acceptors (Lipinski definition) is 8. The second-order valence-electron chi connectivity index (χ2n) is 9.86. The highest BCUT2D eigenvalue weighted by atomic mass is 16.6. The Morgan fingerprint density at radius 3 is 2.53 bits per heavy atom. The summed E-state index contributed by atoms with van der Waals surface area (Å²) in [5.41, 5.74) is 0.340. The van der Waals surface area contributed by atoms with Crippen LogP contribution in [0.15, 0.2) is 30.7 Å². The average Bonchev–Trinajstić information content (AvgIpc) is 3.34. The van der Waals surface area contributed by atoms with Crippen molar-refractivity contribution in [2.75, 3.05) is 19.0 Å². The molecule has 12 nitrogen and oxygen atoms in total. The van der Waals surface area contributed by atoms with Gasteiger partial charge in [-0.1, -0.05) is 0 Å². The number of aromatic nitrogens is 5. The van der Waals surface area contributed by atoms with Gasteiger partial charge in [0.15, 0.2) is 0 Å². The number of ether oxygens (including phenoxy) is 2. The number of rotatable bonds is 9. The summed E-state index contributed by atoms with van der Waals surface area (Å²) in [6, 6.07) is 3.34. The van der Waals surface area contributed by atoms with Gasteiger partial charge in [-0.05, 0) is 46.2 Å². The lowest BCUT2D eigenvalue weighted by atomic mass is 10.0. The lowest BCUT2D eigenvalue weighted by Gasteiger charge is -2.32. The third-order valence-corrected chi connectivity index (χ3v) is 5.21. The average molecular weight is 500 g/mol. The van der Waals surface area contributed by atoms with Crippen molar-refractivity contribution in [1.29, 1.82) is 0 Å². The van der Waals surface area contributed by atoms with Gasteiger partial charge < -0.3 is 29.8 Å². The Hall–Kier alpha value is -3.93. The summed E-state index contributed by atoms with van der Waals surface area (Å²) in [4.78, 5) is 33.5. The molecule has 0 aliphatic rings. The summed E-state index contributed by atoms with van der Waals surface area (Å²) in [5, 5.41) is 19.9. The van der Waals surface area contributed by atoms with Crippen LogP contribution in [-0.4, -0.2) is 66.3 Å². The van der Waals surface area contributed by atoms with Gasteiger partial charge >= 0.3 is 12.1 Å². The summed E-state index contributed by atoms with van der Waals surface area (Å²) in [6.07, 6.45) is 4.39. The lowest BCUT2D eigenvalue weighted by Crippen LogP contribution is -2.53. The van der Waals surface area contributed by atoms with Crippen LogP contribution in [0.5, 0.6) is 0 Å². The number of nitrogens with zero attached hydrogens (tertiary/aromatic N) is 5. The van der Waals surface area contributed by atoms with Gasteiger partial charge in [0, 0.05) is 44.7 Å². The molecule has 0 radical (unpaired) electrons. The molecule has 12 heteroatoms. The van der Waals surface area contributed by atoms with Crippen molar-refractivity contribution >= 4 is 23.8 Å². The highest BCUT2D eigenvalue weighted by Crippen LogP contribution is 2.27. The van der Waals surface area contributed by atoms with E-state index < -0.39 is 23.2 Å². The molecule has 0 fully saturated rings. The van der Waals surface area contributed by atoms with Crippen molar-refractivity contribution in [2.24, 2.45) is 7.05 Å². The first-order valence-corrected chi connectivity index (χ1v) is 11.3. The van der Waals surface area contributed by atoms with Gasteiger partial charge in [-0.25, -0.2) is 19.6 Å². The van der Waals surface area contributed by atoms with E-state index in [1.54, 1.807) is 74.7 Å². The minimum Gasteiger partial charge on any atom is -0.477 e. The molecule has 1 amide bonds. The van der Waals surface area contributed by atoms with Gasteiger partial charge in [0.1, 0.15) is 17.1 Å². The number of carboxylic acid groups (broad SMARTS) is 1. The summed E-state index contributed by atoms with van der Waals surface area (Å²) in [5.74, 6) is -0.0602. The van der Waals surface area contributed by atoms with Crippen LogP contribution in [0.4, 0.5) is 16.6 Å². The number of aryl methyl sites for hydroxylation is 2. The number of anilines is 2. The Kier molecular flexibility index (Phi) is 7.68. The number of carbonyl (C=O) groups excluding carboxylic acids is 1. The van der Waals surface area contributed by atoms with Crippen molar-refractivity contribution in [2.45, 2.75) is 52.3 Å². The molecule has 1 atom stereocenters. The van der Waals surface area contributed by atoms with E-state index in [0.29, 0.717) is 23.0 Å². The van der Waals surface area contributed by atoms with E-state index in [2.05, 4.69) is 25.7 Å². The number of alkyl carbamates (subject to hydrolysis) is 1. The zero-order chi connectivity index (χ0) is 26.7. The number of carbonyl (C=O) groups is 2. The molecule has 3 N–H and O–H groups in total. The SMILES string of the molecule is COCC(C)(Cn1cc(-c2nc(Nc3ccnn3C)ncc2C)cc1C(=O)O)NC(=O)OC(C)(C)C. The third kappa shape index (κ3) is 6.60. The predicted octanol–water partition coefficient (Wildman–Crippen LogP) is 3.36. The third-order valence-electron chi connectivity index (χ3n) is 5.21. The van der Waals surface area contributed by atoms with Gasteiger partial charge in [0.2, 0.25) is 5.95 Å². The van der Waals surface area contributed by atoms with Crippen molar-refractivity contribution in [3.8, 4) is 11.3 Å². The second-order valence-corrected chi connectivity index (χ2v) is 9.86. The molecular formula is C24H33N7O5. The van der Waals surface area contributed by atoms with Gasteiger partial charge in [-0.3, -0.25) is 4.68 Å². The first-order chi connectivity index (χ1) is 16.8. The molecule has 0 aromatic carbocycles. The summed E-state index contributed by atoms with van der Waals surface area (Å²) >= 11 is 0. The molecule has 3 aromatic rings. The van der Waals surface area contributed by atoms with Crippen LogP contribution in [0.2, 0.25) is 0 Å².